The van der Waals surface area contributed by atoms with E-state index in [0.29, 0.717) is 11.8 Å². The highest BCUT2D eigenvalue weighted by molar-refractivity contribution is 5.59. The minimum absolute atomic E-state index is 0.524. The second-order valence-corrected chi connectivity index (χ2v) is 6.81. The average molecular weight is 321 g/mol. The van der Waals surface area contributed by atoms with E-state index in [1.165, 1.54) is 24.8 Å². The van der Waals surface area contributed by atoms with Crippen molar-refractivity contribution in [3.05, 3.63) is 41.6 Å². The first-order valence-corrected chi connectivity index (χ1v) is 8.70. The maximum Gasteiger partial charge on any atom is 0.254 e. The summed E-state index contributed by atoms with van der Waals surface area (Å²) in [6.45, 7) is 7.47. The molecule has 1 saturated heterocycles. The molecule has 1 aliphatic rings. The first-order chi connectivity index (χ1) is 11.6. The summed E-state index contributed by atoms with van der Waals surface area (Å²) < 4.78 is 1.91. The Balaban J connectivity index is 1.83. The van der Waals surface area contributed by atoms with Crippen LogP contribution in [0.5, 0.6) is 0 Å². The molecule has 2 aromatic heterocycles. The quantitative estimate of drug-likeness (QED) is 0.720. The van der Waals surface area contributed by atoms with Crippen molar-refractivity contribution in [1.82, 2.24) is 19.6 Å². The number of fused-ring (bicyclic) bond motifs is 1. The molecule has 0 aliphatic carbocycles. The van der Waals surface area contributed by atoms with Crippen LogP contribution in [0, 0.1) is 13.8 Å². The van der Waals surface area contributed by atoms with E-state index in [9.17, 15) is 0 Å². The standard InChI is InChI=1S/C19H23N5/c1-13-7-9-16(10-8-13)18-21-19-20-14(2)12-17(24(19)22-18)23-11-5-4-6-15(23)3/h7-10,12,15H,4-6,11H2,1-3H3/t15-/m1/s1. The summed E-state index contributed by atoms with van der Waals surface area (Å²) in [7, 11) is 0. The highest BCUT2D eigenvalue weighted by Gasteiger charge is 2.22. The topological polar surface area (TPSA) is 46.3 Å². The van der Waals surface area contributed by atoms with Crippen LogP contribution >= 0.6 is 0 Å². The summed E-state index contributed by atoms with van der Waals surface area (Å²) >= 11 is 0. The number of benzene rings is 1. The summed E-state index contributed by atoms with van der Waals surface area (Å²) in [6, 6.07) is 11.0. The number of hydrogen-bond acceptors (Lipinski definition) is 4. The van der Waals surface area contributed by atoms with E-state index in [0.717, 1.165) is 29.4 Å². The van der Waals surface area contributed by atoms with Crippen LogP contribution in [0.15, 0.2) is 30.3 Å². The number of aryl methyl sites for hydroxylation is 2. The normalized spacial score (nSPS) is 18.3. The van der Waals surface area contributed by atoms with Crippen molar-refractivity contribution in [1.29, 1.82) is 0 Å². The van der Waals surface area contributed by atoms with Gasteiger partial charge in [0.05, 0.1) is 0 Å². The van der Waals surface area contributed by atoms with Crippen LogP contribution < -0.4 is 4.90 Å². The fourth-order valence-electron chi connectivity index (χ4n) is 3.44. The Bertz CT molecular complexity index is 865. The Morgan fingerprint density at radius 2 is 1.83 bits per heavy atom. The SMILES string of the molecule is Cc1ccc(-c2nc3nc(C)cc(N4CCCC[C@H]4C)n3n2)cc1. The molecule has 1 fully saturated rings. The van der Waals surface area contributed by atoms with Gasteiger partial charge in [-0.25, -0.2) is 4.98 Å². The zero-order valence-corrected chi connectivity index (χ0v) is 14.5. The van der Waals surface area contributed by atoms with Crippen LogP contribution in [-0.4, -0.2) is 32.2 Å². The molecule has 1 aliphatic heterocycles. The molecule has 0 unspecified atom stereocenters. The molecule has 124 valence electrons. The molecule has 1 atom stereocenters. The molecule has 1 aromatic carbocycles. The fourth-order valence-corrected chi connectivity index (χ4v) is 3.44. The van der Waals surface area contributed by atoms with Crippen LogP contribution in [0.2, 0.25) is 0 Å². The third-order valence-electron chi connectivity index (χ3n) is 4.83. The second kappa shape index (κ2) is 5.89. The van der Waals surface area contributed by atoms with Crippen molar-refractivity contribution in [2.24, 2.45) is 0 Å². The van der Waals surface area contributed by atoms with Gasteiger partial charge in [-0.3, -0.25) is 0 Å². The van der Waals surface area contributed by atoms with Gasteiger partial charge in [0, 0.05) is 29.9 Å². The fraction of sp³-hybridized carbons (Fsp3) is 0.421. The summed E-state index contributed by atoms with van der Waals surface area (Å²) in [5.74, 6) is 2.52. The van der Waals surface area contributed by atoms with Gasteiger partial charge >= 0.3 is 0 Å². The van der Waals surface area contributed by atoms with Crippen LogP contribution in [0.3, 0.4) is 0 Å². The van der Waals surface area contributed by atoms with Crippen molar-refractivity contribution in [2.45, 2.75) is 46.1 Å². The largest absolute Gasteiger partial charge is 0.354 e. The first-order valence-electron chi connectivity index (χ1n) is 8.70. The molecule has 3 heterocycles. The van der Waals surface area contributed by atoms with Gasteiger partial charge in [-0.1, -0.05) is 29.8 Å². The lowest BCUT2D eigenvalue weighted by Gasteiger charge is -2.35. The van der Waals surface area contributed by atoms with Gasteiger partial charge in [0.2, 0.25) is 0 Å². The predicted octanol–water partition coefficient (Wildman–Crippen LogP) is 3.79. The number of rotatable bonds is 2. The maximum absolute atomic E-state index is 4.76. The van der Waals surface area contributed by atoms with E-state index >= 15 is 0 Å². The van der Waals surface area contributed by atoms with Crippen molar-refractivity contribution in [3.63, 3.8) is 0 Å². The van der Waals surface area contributed by atoms with Gasteiger partial charge in [0.1, 0.15) is 5.82 Å². The van der Waals surface area contributed by atoms with Crippen molar-refractivity contribution in [2.75, 3.05) is 11.4 Å². The van der Waals surface area contributed by atoms with E-state index in [-0.39, 0.29) is 0 Å². The van der Waals surface area contributed by atoms with Gasteiger partial charge in [0.25, 0.3) is 5.78 Å². The van der Waals surface area contributed by atoms with Gasteiger partial charge in [-0.2, -0.15) is 9.50 Å². The number of aromatic nitrogens is 4. The number of nitrogens with zero attached hydrogens (tertiary/aromatic N) is 5. The summed E-state index contributed by atoms with van der Waals surface area (Å²) in [4.78, 5) is 11.7. The Morgan fingerprint density at radius 3 is 2.58 bits per heavy atom. The maximum atomic E-state index is 4.76. The smallest absolute Gasteiger partial charge is 0.254 e. The van der Waals surface area contributed by atoms with Crippen LogP contribution in [0.4, 0.5) is 5.82 Å². The highest BCUT2D eigenvalue weighted by Crippen LogP contribution is 2.26. The van der Waals surface area contributed by atoms with E-state index in [1.807, 2.05) is 11.4 Å². The molecule has 0 bridgehead atoms. The average Bonchev–Trinajstić information content (AvgIpc) is 2.99. The zero-order valence-electron chi connectivity index (χ0n) is 14.5. The summed E-state index contributed by atoms with van der Waals surface area (Å²) in [6.07, 6.45) is 3.76. The molecule has 4 rings (SSSR count). The van der Waals surface area contributed by atoms with Crippen molar-refractivity contribution in [3.8, 4) is 11.4 Å². The van der Waals surface area contributed by atoms with Gasteiger partial charge in [0.15, 0.2) is 5.82 Å². The summed E-state index contributed by atoms with van der Waals surface area (Å²) in [5.41, 5.74) is 3.25. The van der Waals surface area contributed by atoms with Crippen molar-refractivity contribution < 1.29 is 0 Å². The monoisotopic (exact) mass is 321 g/mol. The lowest BCUT2D eigenvalue weighted by Crippen LogP contribution is -2.38. The molecule has 0 spiro atoms. The first kappa shape index (κ1) is 15.1. The highest BCUT2D eigenvalue weighted by atomic mass is 15.4. The molecule has 24 heavy (non-hydrogen) atoms. The van der Waals surface area contributed by atoms with E-state index < -0.39 is 0 Å². The number of anilines is 1. The molecule has 3 aromatic rings. The van der Waals surface area contributed by atoms with E-state index in [2.05, 4.69) is 59.0 Å². The Hall–Kier alpha value is -2.43. The zero-order chi connectivity index (χ0) is 16.7. The van der Waals surface area contributed by atoms with Gasteiger partial charge < -0.3 is 4.90 Å². The summed E-state index contributed by atoms with van der Waals surface area (Å²) in [5, 5.41) is 4.76. The third-order valence-corrected chi connectivity index (χ3v) is 4.83. The van der Waals surface area contributed by atoms with Crippen LogP contribution in [0.25, 0.3) is 17.2 Å². The Labute approximate surface area is 142 Å². The van der Waals surface area contributed by atoms with E-state index in [4.69, 9.17) is 5.10 Å². The molecule has 0 radical (unpaired) electrons. The molecule has 0 N–H and O–H groups in total. The molecular weight excluding hydrogens is 298 g/mol. The predicted molar refractivity (Wildman–Crippen MR) is 96.4 cm³/mol. The van der Waals surface area contributed by atoms with Gasteiger partial charge in [-0.15, -0.1) is 5.10 Å². The van der Waals surface area contributed by atoms with E-state index in [1.54, 1.807) is 0 Å². The lowest BCUT2D eigenvalue weighted by molar-refractivity contribution is 0.477. The molecular formula is C19H23N5. The Morgan fingerprint density at radius 1 is 1.04 bits per heavy atom. The molecule has 5 heteroatoms. The molecule has 0 amide bonds. The third kappa shape index (κ3) is 2.64. The van der Waals surface area contributed by atoms with Crippen LogP contribution in [0.1, 0.15) is 37.4 Å². The van der Waals surface area contributed by atoms with Gasteiger partial charge in [-0.05, 0) is 40.0 Å². The minimum Gasteiger partial charge on any atom is -0.354 e. The number of hydrogen-bond donors (Lipinski definition) is 0. The molecule has 5 nitrogen and oxygen atoms in total. The molecule has 0 saturated carbocycles. The number of piperidine rings is 1. The second-order valence-electron chi connectivity index (χ2n) is 6.81. The minimum atomic E-state index is 0.524. The van der Waals surface area contributed by atoms with Crippen molar-refractivity contribution >= 4 is 11.6 Å². The Kier molecular flexibility index (Phi) is 3.71. The lowest BCUT2D eigenvalue weighted by atomic mass is 10.0. The van der Waals surface area contributed by atoms with Crippen LogP contribution in [-0.2, 0) is 0 Å².